The summed E-state index contributed by atoms with van der Waals surface area (Å²) in [5.74, 6) is 0.767. The Kier molecular flexibility index (Phi) is 6.10. The SMILES string of the molecule is CCCCCCOc1ccc(C(O)(Cl)Cl)cc1. The minimum atomic E-state index is -1.83. The number of ether oxygens (including phenoxy) is 1. The highest BCUT2D eigenvalue weighted by Gasteiger charge is 2.21. The first kappa shape index (κ1) is 14.6. The van der Waals surface area contributed by atoms with E-state index in [0.29, 0.717) is 12.2 Å². The maximum atomic E-state index is 9.34. The third-order valence-electron chi connectivity index (χ3n) is 2.47. The van der Waals surface area contributed by atoms with E-state index in [9.17, 15) is 5.11 Å². The molecule has 1 rings (SSSR count). The summed E-state index contributed by atoms with van der Waals surface area (Å²) < 4.78 is 3.72. The van der Waals surface area contributed by atoms with Crippen LogP contribution >= 0.6 is 23.2 Å². The molecule has 2 nitrogen and oxygen atoms in total. The van der Waals surface area contributed by atoms with E-state index in [4.69, 9.17) is 27.9 Å². The van der Waals surface area contributed by atoms with Crippen LogP contribution in [-0.2, 0) is 4.52 Å². The minimum Gasteiger partial charge on any atom is -0.494 e. The molecule has 0 atom stereocenters. The first-order chi connectivity index (χ1) is 8.04. The van der Waals surface area contributed by atoms with Gasteiger partial charge in [0.1, 0.15) is 5.75 Å². The van der Waals surface area contributed by atoms with Crippen LogP contribution in [0.5, 0.6) is 5.75 Å². The van der Waals surface area contributed by atoms with Crippen molar-refractivity contribution in [3.8, 4) is 5.75 Å². The van der Waals surface area contributed by atoms with Gasteiger partial charge in [-0.05, 0) is 30.7 Å². The van der Waals surface area contributed by atoms with Gasteiger partial charge in [-0.15, -0.1) is 0 Å². The van der Waals surface area contributed by atoms with Crippen molar-refractivity contribution in [2.75, 3.05) is 6.61 Å². The Balaban J connectivity index is 2.36. The van der Waals surface area contributed by atoms with Gasteiger partial charge in [-0.2, -0.15) is 0 Å². The normalized spacial score (nSPS) is 11.5. The molecule has 0 aliphatic carbocycles. The standard InChI is InChI=1S/C13H18Cl2O2/c1-2-3-4-5-10-17-12-8-6-11(7-9-12)13(14,15)16/h6-9,16H,2-5,10H2,1H3. The smallest absolute Gasteiger partial charge is 0.241 e. The zero-order valence-corrected chi connectivity index (χ0v) is 11.5. The summed E-state index contributed by atoms with van der Waals surface area (Å²) in [6.07, 6.45) is 4.72. The molecule has 1 aromatic carbocycles. The fourth-order valence-corrected chi connectivity index (χ4v) is 1.72. The predicted octanol–water partition coefficient (Wildman–Crippen LogP) is 4.23. The lowest BCUT2D eigenvalue weighted by molar-refractivity contribution is 0.218. The van der Waals surface area contributed by atoms with E-state index in [1.807, 2.05) is 0 Å². The van der Waals surface area contributed by atoms with Crippen molar-refractivity contribution in [1.29, 1.82) is 0 Å². The van der Waals surface area contributed by atoms with E-state index < -0.39 is 4.52 Å². The molecule has 0 heterocycles. The topological polar surface area (TPSA) is 29.5 Å². The molecule has 0 aliphatic rings. The van der Waals surface area contributed by atoms with Gasteiger partial charge in [-0.3, -0.25) is 0 Å². The highest BCUT2D eigenvalue weighted by molar-refractivity contribution is 6.46. The molecule has 0 saturated carbocycles. The number of aliphatic hydroxyl groups is 1. The molecule has 17 heavy (non-hydrogen) atoms. The average molecular weight is 277 g/mol. The molecule has 0 amide bonds. The molecule has 0 bridgehead atoms. The van der Waals surface area contributed by atoms with Gasteiger partial charge < -0.3 is 9.84 Å². The van der Waals surface area contributed by atoms with Crippen molar-refractivity contribution < 1.29 is 9.84 Å². The quantitative estimate of drug-likeness (QED) is 0.597. The molecule has 0 aromatic heterocycles. The summed E-state index contributed by atoms with van der Waals surface area (Å²) in [6, 6.07) is 6.82. The van der Waals surface area contributed by atoms with Crippen molar-refractivity contribution in [3.63, 3.8) is 0 Å². The molecule has 1 aromatic rings. The largest absolute Gasteiger partial charge is 0.494 e. The second kappa shape index (κ2) is 7.10. The van der Waals surface area contributed by atoms with E-state index in [2.05, 4.69) is 6.92 Å². The van der Waals surface area contributed by atoms with Crippen LogP contribution in [0, 0.1) is 0 Å². The highest BCUT2D eigenvalue weighted by Crippen LogP contribution is 2.31. The van der Waals surface area contributed by atoms with E-state index in [0.717, 1.165) is 12.2 Å². The highest BCUT2D eigenvalue weighted by atomic mass is 35.5. The van der Waals surface area contributed by atoms with Crippen LogP contribution in [-0.4, -0.2) is 11.7 Å². The Morgan fingerprint density at radius 1 is 1.12 bits per heavy atom. The molecule has 0 saturated heterocycles. The van der Waals surface area contributed by atoms with Gasteiger partial charge >= 0.3 is 0 Å². The van der Waals surface area contributed by atoms with Crippen molar-refractivity contribution in [1.82, 2.24) is 0 Å². The summed E-state index contributed by atoms with van der Waals surface area (Å²) in [5, 5.41) is 9.34. The summed E-state index contributed by atoms with van der Waals surface area (Å²) in [7, 11) is 0. The fourth-order valence-electron chi connectivity index (χ4n) is 1.47. The van der Waals surface area contributed by atoms with E-state index in [1.54, 1.807) is 24.3 Å². The average Bonchev–Trinajstić information content (AvgIpc) is 2.28. The number of unbranched alkanes of at least 4 members (excludes halogenated alkanes) is 3. The summed E-state index contributed by atoms with van der Waals surface area (Å²) in [4.78, 5) is 0. The second-order valence-corrected chi connectivity index (χ2v) is 5.26. The van der Waals surface area contributed by atoms with Gasteiger partial charge in [0.25, 0.3) is 0 Å². The second-order valence-electron chi connectivity index (χ2n) is 3.97. The van der Waals surface area contributed by atoms with Crippen molar-refractivity contribution in [3.05, 3.63) is 29.8 Å². The lowest BCUT2D eigenvalue weighted by atomic mass is 10.2. The number of hydrogen-bond donors (Lipinski definition) is 1. The van der Waals surface area contributed by atoms with Crippen LogP contribution in [0.3, 0.4) is 0 Å². The molecule has 96 valence electrons. The molecule has 0 aliphatic heterocycles. The molecule has 0 radical (unpaired) electrons. The van der Waals surface area contributed by atoms with E-state index in [-0.39, 0.29) is 0 Å². The Morgan fingerprint density at radius 3 is 2.29 bits per heavy atom. The van der Waals surface area contributed by atoms with Crippen LogP contribution in [0.1, 0.15) is 38.2 Å². The summed E-state index contributed by atoms with van der Waals surface area (Å²) >= 11 is 11.1. The van der Waals surface area contributed by atoms with Crippen LogP contribution in [0.2, 0.25) is 0 Å². The monoisotopic (exact) mass is 276 g/mol. The van der Waals surface area contributed by atoms with Gasteiger partial charge in [0, 0.05) is 5.56 Å². The molecule has 0 unspecified atom stereocenters. The molecule has 0 spiro atoms. The zero-order chi connectivity index (χ0) is 12.7. The van der Waals surface area contributed by atoms with Gasteiger partial charge in [-0.25, -0.2) is 0 Å². The number of alkyl halides is 2. The first-order valence-electron chi connectivity index (χ1n) is 5.87. The van der Waals surface area contributed by atoms with E-state index in [1.165, 1.54) is 19.3 Å². The van der Waals surface area contributed by atoms with Crippen LogP contribution in [0.4, 0.5) is 0 Å². The zero-order valence-electron chi connectivity index (χ0n) is 9.96. The first-order valence-corrected chi connectivity index (χ1v) is 6.63. The number of halogens is 2. The van der Waals surface area contributed by atoms with Crippen molar-refractivity contribution in [2.45, 2.75) is 37.1 Å². The van der Waals surface area contributed by atoms with Gasteiger partial charge in [-0.1, -0.05) is 49.4 Å². The number of rotatable bonds is 7. The van der Waals surface area contributed by atoms with Crippen LogP contribution in [0.15, 0.2) is 24.3 Å². The Hall–Kier alpha value is -0.440. The van der Waals surface area contributed by atoms with Crippen LogP contribution in [0.25, 0.3) is 0 Å². The third-order valence-corrected chi connectivity index (χ3v) is 2.90. The predicted molar refractivity (Wildman–Crippen MR) is 71.7 cm³/mol. The summed E-state index contributed by atoms with van der Waals surface area (Å²) in [6.45, 7) is 2.89. The van der Waals surface area contributed by atoms with Gasteiger partial charge in [0.05, 0.1) is 6.61 Å². The maximum Gasteiger partial charge on any atom is 0.241 e. The maximum absolute atomic E-state index is 9.34. The molecule has 0 fully saturated rings. The van der Waals surface area contributed by atoms with Crippen LogP contribution < -0.4 is 4.74 Å². The Morgan fingerprint density at radius 2 is 1.76 bits per heavy atom. The molecular weight excluding hydrogens is 259 g/mol. The van der Waals surface area contributed by atoms with E-state index >= 15 is 0 Å². The minimum absolute atomic E-state index is 0.444. The third kappa shape index (κ3) is 5.62. The number of benzene rings is 1. The van der Waals surface area contributed by atoms with Gasteiger partial charge in [0.15, 0.2) is 0 Å². The lowest BCUT2D eigenvalue weighted by Gasteiger charge is -2.13. The molecular formula is C13H18Cl2O2. The molecule has 4 heteroatoms. The van der Waals surface area contributed by atoms with Crippen molar-refractivity contribution >= 4 is 23.2 Å². The summed E-state index contributed by atoms with van der Waals surface area (Å²) in [5.41, 5.74) is 0.444. The van der Waals surface area contributed by atoms with Gasteiger partial charge in [0.2, 0.25) is 4.52 Å². The Labute approximate surface area is 113 Å². The Bertz CT molecular complexity index is 317. The fraction of sp³-hybridized carbons (Fsp3) is 0.538. The molecule has 1 N–H and O–H groups in total. The lowest BCUT2D eigenvalue weighted by Crippen LogP contribution is -2.07. The number of hydrogen-bond acceptors (Lipinski definition) is 2. The van der Waals surface area contributed by atoms with Crippen molar-refractivity contribution in [2.24, 2.45) is 0 Å².